The molecule has 0 spiro atoms. The summed E-state index contributed by atoms with van der Waals surface area (Å²) in [6.07, 6.45) is -9.33. The van der Waals surface area contributed by atoms with Gasteiger partial charge in [0.05, 0.1) is 0 Å². The van der Waals surface area contributed by atoms with Crippen LogP contribution in [0.2, 0.25) is 0 Å². The number of carbonyl (C=O) groups excluding carboxylic acids is 1. The average Bonchev–Trinajstić information content (AvgIpc) is 1.81. The molecule has 7 heteroatoms. The van der Waals surface area contributed by atoms with Crippen molar-refractivity contribution in [2.45, 2.75) is 19.0 Å². The summed E-state index contributed by atoms with van der Waals surface area (Å²) in [5.74, 6) is -1.40. The van der Waals surface area contributed by atoms with Gasteiger partial charge in [0.15, 0.2) is 0 Å². The zero-order valence-corrected chi connectivity index (χ0v) is 6.95. The Kier molecular flexibility index (Phi) is 4.19. The van der Waals surface area contributed by atoms with Crippen LogP contribution in [-0.4, -0.2) is 18.5 Å². The Balaban J connectivity index is 3.95. The van der Waals surface area contributed by atoms with E-state index in [0.29, 0.717) is 0 Å². The van der Waals surface area contributed by atoms with Crippen molar-refractivity contribution in [2.75, 3.05) is 0 Å². The maximum absolute atomic E-state index is 12.2. The molecule has 1 atom stereocenters. The summed E-state index contributed by atoms with van der Waals surface area (Å²) in [7, 11) is 0. The molecule has 2 nitrogen and oxygen atoms in total. The second kappa shape index (κ2) is 4.45. The van der Waals surface area contributed by atoms with Gasteiger partial charge in [0, 0.05) is 0 Å². The maximum Gasteiger partial charge on any atom is 0.395 e. The van der Waals surface area contributed by atoms with E-state index in [-0.39, 0.29) is 0 Å². The minimum atomic E-state index is -4.73. The van der Waals surface area contributed by atoms with Gasteiger partial charge in [-0.1, -0.05) is 18.2 Å². The fourth-order valence-electron chi connectivity index (χ4n) is 0.404. The first-order valence-electron chi connectivity index (χ1n) is 2.98. The molecule has 13 heavy (non-hydrogen) atoms. The quantitative estimate of drug-likeness (QED) is 0.415. The molecule has 0 rings (SSSR count). The average molecular weight is 221 g/mol. The molecule has 0 aliphatic carbocycles. The predicted molar refractivity (Wildman–Crippen MR) is 36.7 cm³/mol. The Morgan fingerprint density at radius 1 is 1.54 bits per heavy atom. The molecule has 0 heterocycles. The molecule has 0 aliphatic heterocycles. The first-order valence-corrected chi connectivity index (χ1v) is 3.36. The van der Waals surface area contributed by atoms with Gasteiger partial charge in [-0.25, -0.2) is 9.18 Å². The molecule has 0 aromatic rings. The minimum absolute atomic E-state index is 0.676. The number of ether oxygens (including phenoxy) is 1. The van der Waals surface area contributed by atoms with E-state index in [0.717, 1.165) is 0 Å². The monoisotopic (exact) mass is 220 g/mol. The van der Waals surface area contributed by atoms with Crippen molar-refractivity contribution in [2.24, 2.45) is 0 Å². The van der Waals surface area contributed by atoms with Crippen molar-refractivity contribution in [3.8, 4) is 0 Å². The van der Waals surface area contributed by atoms with Crippen molar-refractivity contribution in [3.63, 3.8) is 0 Å². The normalized spacial score (nSPS) is 13.6. The molecule has 0 fully saturated rings. The lowest BCUT2D eigenvalue weighted by Crippen LogP contribution is -2.21. The van der Waals surface area contributed by atoms with E-state index in [9.17, 15) is 22.4 Å². The molecular formula is C6H5ClF4O2. The van der Waals surface area contributed by atoms with Gasteiger partial charge in [-0.3, -0.25) is 0 Å². The minimum Gasteiger partial charge on any atom is -0.427 e. The summed E-state index contributed by atoms with van der Waals surface area (Å²) >= 11 is 4.93. The van der Waals surface area contributed by atoms with E-state index < -0.39 is 30.0 Å². The van der Waals surface area contributed by atoms with Gasteiger partial charge < -0.3 is 4.74 Å². The molecule has 0 bridgehead atoms. The third-order valence-electron chi connectivity index (χ3n) is 0.848. The Hall–Kier alpha value is -0.780. The number of hydrogen-bond donors (Lipinski definition) is 0. The zero-order chi connectivity index (χ0) is 10.6. The van der Waals surface area contributed by atoms with Gasteiger partial charge in [-0.15, -0.1) is 0 Å². The van der Waals surface area contributed by atoms with E-state index in [2.05, 4.69) is 11.3 Å². The number of rotatable bonds is 3. The summed E-state index contributed by atoms with van der Waals surface area (Å²) in [4.78, 5) is 10.4. The van der Waals surface area contributed by atoms with E-state index in [1.165, 1.54) is 0 Å². The van der Waals surface area contributed by atoms with Gasteiger partial charge >= 0.3 is 12.1 Å². The number of hydrogen-bond acceptors (Lipinski definition) is 2. The Morgan fingerprint density at radius 2 is 2.00 bits per heavy atom. The Bertz CT molecular complexity index is 213. The van der Waals surface area contributed by atoms with Crippen LogP contribution >= 0.6 is 11.6 Å². The lowest BCUT2D eigenvalue weighted by Gasteiger charge is -2.11. The molecule has 0 aromatic heterocycles. The van der Waals surface area contributed by atoms with Crippen LogP contribution in [0.25, 0.3) is 0 Å². The molecule has 0 radical (unpaired) electrons. The van der Waals surface area contributed by atoms with E-state index in [4.69, 9.17) is 11.6 Å². The van der Waals surface area contributed by atoms with Gasteiger partial charge in [0.25, 0.3) is 6.36 Å². The first-order chi connectivity index (χ1) is 5.72. The highest BCUT2D eigenvalue weighted by molar-refractivity contribution is 6.40. The number of halogens is 5. The zero-order valence-electron chi connectivity index (χ0n) is 6.20. The Labute approximate surface area is 76.1 Å². The molecule has 0 amide bonds. The van der Waals surface area contributed by atoms with Crippen molar-refractivity contribution >= 4 is 17.6 Å². The van der Waals surface area contributed by atoms with Gasteiger partial charge in [-0.2, -0.15) is 13.2 Å². The van der Waals surface area contributed by atoms with E-state index in [1.807, 2.05) is 0 Å². The van der Waals surface area contributed by atoms with Crippen LogP contribution in [0.15, 0.2) is 11.6 Å². The van der Waals surface area contributed by atoms with Gasteiger partial charge in [0.2, 0.25) is 0 Å². The predicted octanol–water partition coefficient (Wildman–Crippen LogP) is 2.53. The molecule has 0 saturated heterocycles. The highest BCUT2D eigenvalue weighted by Crippen LogP contribution is 2.23. The van der Waals surface area contributed by atoms with E-state index in [1.54, 1.807) is 0 Å². The molecule has 1 unspecified atom stereocenters. The fourth-order valence-corrected chi connectivity index (χ4v) is 0.448. The Morgan fingerprint density at radius 3 is 2.31 bits per heavy atom. The third kappa shape index (κ3) is 6.39. The van der Waals surface area contributed by atoms with Crippen LogP contribution < -0.4 is 0 Å². The highest BCUT2D eigenvalue weighted by Gasteiger charge is 2.34. The molecule has 76 valence electrons. The van der Waals surface area contributed by atoms with Gasteiger partial charge in [0.1, 0.15) is 11.5 Å². The summed E-state index contributed by atoms with van der Waals surface area (Å²) < 4.78 is 50.3. The van der Waals surface area contributed by atoms with Crippen molar-refractivity contribution in [1.82, 2.24) is 0 Å². The molecule has 0 aromatic carbocycles. The van der Waals surface area contributed by atoms with Crippen LogP contribution in [-0.2, 0) is 9.53 Å². The van der Waals surface area contributed by atoms with E-state index >= 15 is 0 Å². The second-order valence-corrected chi connectivity index (χ2v) is 2.50. The lowest BCUT2D eigenvalue weighted by atomic mass is 10.4. The summed E-state index contributed by atoms with van der Waals surface area (Å²) in [5.41, 5.74) is 0. The largest absolute Gasteiger partial charge is 0.427 e. The smallest absolute Gasteiger partial charge is 0.395 e. The molecule has 0 saturated carbocycles. The van der Waals surface area contributed by atoms with Crippen molar-refractivity contribution < 1.29 is 27.1 Å². The number of carbonyl (C=O) groups is 1. The number of alkyl halides is 4. The summed E-state index contributed by atoms with van der Waals surface area (Å²) in [6.45, 7) is 2.85. The fraction of sp³-hybridized carbons (Fsp3) is 0.500. The SMILES string of the molecule is C=C(Cl)C(=O)OC(F)CC(F)(F)F. The van der Waals surface area contributed by atoms with Crippen molar-refractivity contribution in [3.05, 3.63) is 11.6 Å². The maximum atomic E-state index is 12.2. The topological polar surface area (TPSA) is 26.3 Å². The first kappa shape index (κ1) is 12.2. The lowest BCUT2D eigenvalue weighted by molar-refractivity contribution is -0.187. The van der Waals surface area contributed by atoms with Crippen molar-refractivity contribution in [1.29, 1.82) is 0 Å². The summed E-state index contributed by atoms with van der Waals surface area (Å²) in [6, 6.07) is 0. The third-order valence-corrected chi connectivity index (χ3v) is 1.00. The van der Waals surface area contributed by atoms with Gasteiger partial charge in [-0.05, 0) is 0 Å². The van der Waals surface area contributed by atoms with Crippen LogP contribution in [0.5, 0.6) is 0 Å². The molecule has 0 N–H and O–H groups in total. The highest BCUT2D eigenvalue weighted by atomic mass is 35.5. The molecular weight excluding hydrogens is 216 g/mol. The number of esters is 1. The van der Waals surface area contributed by atoms with Crippen LogP contribution in [0.4, 0.5) is 17.6 Å². The summed E-state index contributed by atoms with van der Waals surface area (Å²) in [5, 5.41) is -0.676. The second-order valence-electron chi connectivity index (χ2n) is 2.04. The molecule has 0 aliphatic rings. The van der Waals surface area contributed by atoms with Crippen LogP contribution in [0, 0.1) is 0 Å². The van der Waals surface area contributed by atoms with Crippen LogP contribution in [0.1, 0.15) is 6.42 Å². The standard InChI is InChI=1S/C6H5ClF4O2/c1-3(7)5(12)13-4(8)2-6(9,10)11/h4H,1-2H2. The van der Waals surface area contributed by atoms with Crippen LogP contribution in [0.3, 0.4) is 0 Å².